The summed E-state index contributed by atoms with van der Waals surface area (Å²) in [6.07, 6.45) is 2.90. The minimum atomic E-state index is -1.13. The second-order valence-electron chi connectivity index (χ2n) is 2.96. The van der Waals surface area contributed by atoms with E-state index < -0.39 is 6.09 Å². The van der Waals surface area contributed by atoms with Crippen molar-refractivity contribution in [2.45, 2.75) is 6.42 Å². The number of nitrogens with one attached hydrogen (secondary N) is 1. The lowest BCUT2D eigenvalue weighted by molar-refractivity contribution is 0.209. The van der Waals surface area contributed by atoms with Crippen LogP contribution in [-0.4, -0.2) is 26.4 Å². The van der Waals surface area contributed by atoms with Crippen LogP contribution >= 0.6 is 11.3 Å². The minimum absolute atomic E-state index is 0.288. The zero-order valence-corrected chi connectivity index (χ0v) is 8.94. The number of carboxylic acid groups (broad SMARTS) is 1. The zero-order valence-electron chi connectivity index (χ0n) is 8.12. The predicted octanol–water partition coefficient (Wildman–Crippen LogP) is 1.61. The summed E-state index contributed by atoms with van der Waals surface area (Å²) in [4.78, 5) is 14.3. The molecule has 1 amide bonds. The molecule has 6 nitrogen and oxygen atoms in total. The van der Waals surface area contributed by atoms with Gasteiger partial charge in [0.2, 0.25) is 5.13 Å². The highest BCUT2D eigenvalue weighted by molar-refractivity contribution is 7.15. The number of nitrogens with zero attached hydrogens (tertiary/aromatic N) is 3. The van der Waals surface area contributed by atoms with Gasteiger partial charge >= 0.3 is 6.09 Å². The molecule has 0 saturated heterocycles. The topological polar surface area (TPSA) is 88.0 Å². The Morgan fingerprint density at radius 2 is 2.12 bits per heavy atom. The average Bonchev–Trinajstić information content (AvgIpc) is 2.66. The smallest absolute Gasteiger partial charge is 0.411 e. The van der Waals surface area contributed by atoms with E-state index in [0.29, 0.717) is 6.42 Å². The molecule has 2 heterocycles. The van der Waals surface area contributed by atoms with Crippen LogP contribution in [0.2, 0.25) is 0 Å². The average molecular weight is 236 g/mol. The van der Waals surface area contributed by atoms with Gasteiger partial charge in [0.25, 0.3) is 0 Å². The third kappa shape index (κ3) is 2.74. The van der Waals surface area contributed by atoms with Gasteiger partial charge in [0.15, 0.2) is 0 Å². The van der Waals surface area contributed by atoms with Crippen molar-refractivity contribution in [2.75, 3.05) is 5.32 Å². The summed E-state index contributed by atoms with van der Waals surface area (Å²) in [6.45, 7) is 0. The van der Waals surface area contributed by atoms with E-state index in [1.54, 1.807) is 12.4 Å². The fourth-order valence-electron chi connectivity index (χ4n) is 1.14. The van der Waals surface area contributed by atoms with Gasteiger partial charge in [0.1, 0.15) is 5.01 Å². The monoisotopic (exact) mass is 236 g/mol. The van der Waals surface area contributed by atoms with Gasteiger partial charge in [0.05, 0.1) is 0 Å². The number of amides is 1. The number of hydrogen-bond acceptors (Lipinski definition) is 5. The molecule has 0 spiro atoms. The number of rotatable bonds is 3. The van der Waals surface area contributed by atoms with Crippen LogP contribution in [0, 0.1) is 0 Å². The van der Waals surface area contributed by atoms with E-state index in [4.69, 9.17) is 5.11 Å². The summed E-state index contributed by atoms with van der Waals surface area (Å²) in [7, 11) is 0. The van der Waals surface area contributed by atoms with Gasteiger partial charge in [0, 0.05) is 18.8 Å². The Morgan fingerprint density at radius 3 is 2.81 bits per heavy atom. The summed E-state index contributed by atoms with van der Waals surface area (Å²) in [5, 5.41) is 19.3. The molecular weight excluding hydrogens is 228 g/mol. The lowest BCUT2D eigenvalue weighted by Gasteiger charge is -1.94. The maximum Gasteiger partial charge on any atom is 0.411 e. The number of hydrogen-bond donors (Lipinski definition) is 2. The van der Waals surface area contributed by atoms with E-state index in [-0.39, 0.29) is 5.13 Å². The number of anilines is 1. The molecule has 0 aliphatic rings. The molecule has 0 aliphatic carbocycles. The minimum Gasteiger partial charge on any atom is -0.465 e. The van der Waals surface area contributed by atoms with Gasteiger partial charge in [-0.25, -0.2) is 4.79 Å². The number of pyridine rings is 1. The highest BCUT2D eigenvalue weighted by atomic mass is 32.1. The lowest BCUT2D eigenvalue weighted by atomic mass is 10.2. The van der Waals surface area contributed by atoms with Crippen molar-refractivity contribution in [1.29, 1.82) is 0 Å². The Kier molecular flexibility index (Phi) is 3.06. The standard InChI is InChI=1S/C9H8N4O2S/c14-9(15)11-8-13-12-7(16-8)5-6-1-3-10-4-2-6/h1-4H,5H2,(H,11,13)(H,14,15). The third-order valence-electron chi connectivity index (χ3n) is 1.79. The van der Waals surface area contributed by atoms with E-state index >= 15 is 0 Å². The second-order valence-corrected chi connectivity index (χ2v) is 4.03. The first-order valence-electron chi connectivity index (χ1n) is 4.45. The van der Waals surface area contributed by atoms with Crippen LogP contribution in [0.25, 0.3) is 0 Å². The van der Waals surface area contributed by atoms with Crippen LogP contribution in [-0.2, 0) is 6.42 Å². The van der Waals surface area contributed by atoms with E-state index in [0.717, 1.165) is 10.6 Å². The maximum absolute atomic E-state index is 10.4. The molecule has 2 aromatic rings. The Balaban J connectivity index is 2.06. The second kappa shape index (κ2) is 4.67. The quantitative estimate of drug-likeness (QED) is 0.845. The normalized spacial score (nSPS) is 10.0. The number of aromatic nitrogens is 3. The fourth-order valence-corrected chi connectivity index (χ4v) is 1.91. The van der Waals surface area contributed by atoms with Crippen LogP contribution in [0.5, 0.6) is 0 Å². The first-order chi connectivity index (χ1) is 7.74. The maximum atomic E-state index is 10.4. The lowest BCUT2D eigenvalue weighted by Crippen LogP contribution is -2.06. The van der Waals surface area contributed by atoms with Crippen molar-refractivity contribution in [3.63, 3.8) is 0 Å². The summed E-state index contributed by atoms with van der Waals surface area (Å²) >= 11 is 1.22. The molecule has 0 unspecified atom stereocenters. The first-order valence-corrected chi connectivity index (χ1v) is 5.27. The summed E-state index contributed by atoms with van der Waals surface area (Å²) in [5.41, 5.74) is 1.06. The Labute approximate surface area is 95.0 Å². The van der Waals surface area contributed by atoms with Crippen molar-refractivity contribution in [2.24, 2.45) is 0 Å². The SMILES string of the molecule is O=C(O)Nc1nnc(Cc2ccncc2)s1. The molecule has 0 atom stereocenters. The van der Waals surface area contributed by atoms with Crippen molar-refractivity contribution < 1.29 is 9.90 Å². The molecule has 2 N–H and O–H groups in total. The first kappa shape index (κ1) is 10.5. The van der Waals surface area contributed by atoms with E-state index in [2.05, 4.69) is 20.5 Å². The molecule has 2 aromatic heterocycles. The Hall–Kier alpha value is -2.02. The van der Waals surface area contributed by atoms with Crippen molar-refractivity contribution in [3.05, 3.63) is 35.1 Å². The van der Waals surface area contributed by atoms with Crippen LogP contribution < -0.4 is 5.32 Å². The summed E-state index contributed by atoms with van der Waals surface area (Å²) in [6, 6.07) is 3.76. The molecule has 0 fully saturated rings. The van der Waals surface area contributed by atoms with Crippen LogP contribution in [0.4, 0.5) is 9.93 Å². The van der Waals surface area contributed by atoms with Crippen LogP contribution in [0.3, 0.4) is 0 Å². The summed E-state index contributed by atoms with van der Waals surface area (Å²) in [5.74, 6) is 0. The molecule has 0 aliphatic heterocycles. The van der Waals surface area contributed by atoms with Crippen molar-refractivity contribution >= 4 is 22.6 Å². The molecule has 7 heteroatoms. The molecule has 82 valence electrons. The largest absolute Gasteiger partial charge is 0.465 e. The third-order valence-corrected chi connectivity index (χ3v) is 2.62. The Bertz CT molecular complexity index is 485. The Morgan fingerprint density at radius 1 is 1.38 bits per heavy atom. The van der Waals surface area contributed by atoms with Gasteiger partial charge in [-0.05, 0) is 17.7 Å². The van der Waals surface area contributed by atoms with E-state index in [1.807, 2.05) is 12.1 Å². The van der Waals surface area contributed by atoms with Gasteiger partial charge in [-0.1, -0.05) is 11.3 Å². The van der Waals surface area contributed by atoms with E-state index in [1.165, 1.54) is 11.3 Å². The molecule has 2 rings (SSSR count). The number of carbonyl (C=O) groups is 1. The van der Waals surface area contributed by atoms with Crippen LogP contribution in [0.15, 0.2) is 24.5 Å². The molecular formula is C9H8N4O2S. The molecule has 16 heavy (non-hydrogen) atoms. The molecule has 0 saturated carbocycles. The highest BCUT2D eigenvalue weighted by Crippen LogP contribution is 2.17. The molecule has 0 bridgehead atoms. The van der Waals surface area contributed by atoms with Crippen molar-refractivity contribution in [3.8, 4) is 0 Å². The zero-order chi connectivity index (χ0) is 11.4. The van der Waals surface area contributed by atoms with Crippen LogP contribution in [0.1, 0.15) is 10.6 Å². The fraction of sp³-hybridized carbons (Fsp3) is 0.111. The van der Waals surface area contributed by atoms with Gasteiger partial charge in [-0.15, -0.1) is 10.2 Å². The summed E-state index contributed by atoms with van der Waals surface area (Å²) < 4.78 is 0. The van der Waals surface area contributed by atoms with E-state index in [9.17, 15) is 4.79 Å². The molecule has 0 aromatic carbocycles. The highest BCUT2D eigenvalue weighted by Gasteiger charge is 2.06. The van der Waals surface area contributed by atoms with Gasteiger partial charge in [-0.2, -0.15) is 0 Å². The van der Waals surface area contributed by atoms with Crippen molar-refractivity contribution in [1.82, 2.24) is 15.2 Å². The van der Waals surface area contributed by atoms with Gasteiger partial charge < -0.3 is 5.11 Å². The van der Waals surface area contributed by atoms with Gasteiger partial charge in [-0.3, -0.25) is 10.3 Å². The predicted molar refractivity (Wildman–Crippen MR) is 58.6 cm³/mol. The molecule has 0 radical (unpaired) electrons.